The topological polar surface area (TPSA) is 77.5 Å². The van der Waals surface area contributed by atoms with Gasteiger partial charge in [0.1, 0.15) is 11.3 Å². The zero-order chi connectivity index (χ0) is 18.0. The van der Waals surface area contributed by atoms with E-state index in [0.717, 1.165) is 16.8 Å². The van der Waals surface area contributed by atoms with E-state index in [4.69, 9.17) is 12.2 Å². The number of aliphatic imine (C=N–C) groups is 1. The average molecular weight is 351 g/mol. The molecule has 0 radical (unpaired) electrons. The fourth-order valence-electron chi connectivity index (χ4n) is 2.63. The van der Waals surface area contributed by atoms with Crippen molar-refractivity contribution in [1.82, 2.24) is 4.98 Å². The maximum absolute atomic E-state index is 12.2. The molecule has 1 heterocycles. The summed E-state index contributed by atoms with van der Waals surface area (Å²) in [4.78, 5) is 19.0. The lowest BCUT2D eigenvalue weighted by molar-refractivity contribution is 0.479. The molecule has 0 aliphatic heterocycles. The summed E-state index contributed by atoms with van der Waals surface area (Å²) in [6, 6.07) is 12.9. The Kier molecular flexibility index (Phi) is 4.63. The van der Waals surface area contributed by atoms with Crippen molar-refractivity contribution in [3.05, 3.63) is 69.5 Å². The van der Waals surface area contributed by atoms with Crippen LogP contribution in [-0.2, 0) is 0 Å². The molecular formula is C19H17N3O2S. The van der Waals surface area contributed by atoms with E-state index in [1.165, 1.54) is 6.21 Å². The normalized spacial score (nSPS) is 11.1. The number of anilines is 1. The lowest BCUT2D eigenvalue weighted by Crippen LogP contribution is -2.14. The number of benzene rings is 2. The van der Waals surface area contributed by atoms with Gasteiger partial charge < -0.3 is 15.4 Å². The third-order valence-corrected chi connectivity index (χ3v) is 4.16. The van der Waals surface area contributed by atoms with E-state index >= 15 is 0 Å². The van der Waals surface area contributed by atoms with Crippen molar-refractivity contribution in [2.45, 2.75) is 13.8 Å². The van der Waals surface area contributed by atoms with E-state index in [0.29, 0.717) is 10.9 Å². The Hall–Kier alpha value is -2.99. The molecule has 5 nitrogen and oxygen atoms in total. The van der Waals surface area contributed by atoms with Crippen LogP contribution in [0.5, 0.6) is 5.75 Å². The minimum absolute atomic E-state index is 0.0735. The smallest absolute Gasteiger partial charge is 0.261 e. The van der Waals surface area contributed by atoms with Gasteiger partial charge in [-0.25, -0.2) is 4.99 Å². The Morgan fingerprint density at radius 1 is 1.16 bits per heavy atom. The molecule has 3 aromatic rings. The lowest BCUT2D eigenvalue weighted by atomic mass is 10.1. The minimum atomic E-state index is -0.421. The third-order valence-electron chi connectivity index (χ3n) is 3.95. The number of pyridine rings is 1. The van der Waals surface area contributed by atoms with Crippen molar-refractivity contribution in [1.29, 1.82) is 0 Å². The van der Waals surface area contributed by atoms with Gasteiger partial charge in [-0.2, -0.15) is 0 Å². The Bertz CT molecular complexity index is 1030. The summed E-state index contributed by atoms with van der Waals surface area (Å²) >= 11 is 5.23. The molecule has 2 aromatic carbocycles. The predicted octanol–water partition coefficient (Wildman–Crippen LogP) is 3.67. The van der Waals surface area contributed by atoms with Crippen molar-refractivity contribution in [3.8, 4) is 5.75 Å². The van der Waals surface area contributed by atoms with Crippen LogP contribution in [0.3, 0.4) is 0 Å². The summed E-state index contributed by atoms with van der Waals surface area (Å²) in [5.41, 5.74) is 3.20. The van der Waals surface area contributed by atoms with Gasteiger partial charge in [0.15, 0.2) is 5.11 Å². The van der Waals surface area contributed by atoms with Gasteiger partial charge in [-0.05, 0) is 49.3 Å². The highest BCUT2D eigenvalue weighted by molar-refractivity contribution is 7.80. The molecule has 126 valence electrons. The van der Waals surface area contributed by atoms with Crippen LogP contribution >= 0.6 is 12.2 Å². The van der Waals surface area contributed by atoms with E-state index in [1.54, 1.807) is 24.3 Å². The maximum atomic E-state index is 12.2. The highest BCUT2D eigenvalue weighted by Crippen LogP contribution is 2.23. The summed E-state index contributed by atoms with van der Waals surface area (Å²) in [7, 11) is 0. The SMILES string of the molecule is Cc1cccc(C)c1NC(=S)/N=C/c1c(O)c2ccccc2[nH]c1=O. The molecule has 0 fully saturated rings. The van der Waals surface area contributed by atoms with Crippen LogP contribution in [0.4, 0.5) is 5.69 Å². The number of para-hydroxylation sites is 2. The van der Waals surface area contributed by atoms with Crippen LogP contribution in [0.25, 0.3) is 10.9 Å². The van der Waals surface area contributed by atoms with Crippen molar-refractivity contribution >= 4 is 40.1 Å². The number of aromatic nitrogens is 1. The van der Waals surface area contributed by atoms with Crippen molar-refractivity contribution in [3.63, 3.8) is 0 Å². The molecule has 3 rings (SSSR count). The van der Waals surface area contributed by atoms with Gasteiger partial charge in [0.25, 0.3) is 5.56 Å². The quantitative estimate of drug-likeness (QED) is 0.486. The molecule has 6 heteroatoms. The summed E-state index contributed by atoms with van der Waals surface area (Å²) in [5, 5.41) is 14.2. The monoisotopic (exact) mass is 351 g/mol. The van der Waals surface area contributed by atoms with Crippen LogP contribution < -0.4 is 10.9 Å². The zero-order valence-corrected chi connectivity index (χ0v) is 14.6. The molecule has 1 aromatic heterocycles. The fraction of sp³-hybridized carbons (Fsp3) is 0.105. The van der Waals surface area contributed by atoms with E-state index < -0.39 is 5.56 Å². The lowest BCUT2D eigenvalue weighted by Gasteiger charge is -2.10. The number of aromatic hydroxyl groups is 1. The van der Waals surface area contributed by atoms with Crippen LogP contribution in [0.2, 0.25) is 0 Å². The van der Waals surface area contributed by atoms with E-state index in [-0.39, 0.29) is 16.4 Å². The molecular weight excluding hydrogens is 334 g/mol. The maximum Gasteiger partial charge on any atom is 0.261 e. The molecule has 0 spiro atoms. The number of hydrogen-bond donors (Lipinski definition) is 3. The molecule has 0 aliphatic rings. The Balaban J connectivity index is 1.91. The predicted molar refractivity (Wildman–Crippen MR) is 106 cm³/mol. The van der Waals surface area contributed by atoms with Crippen LogP contribution in [0.1, 0.15) is 16.7 Å². The van der Waals surface area contributed by atoms with Gasteiger partial charge in [-0.15, -0.1) is 0 Å². The van der Waals surface area contributed by atoms with Gasteiger partial charge in [0.2, 0.25) is 0 Å². The van der Waals surface area contributed by atoms with Crippen LogP contribution in [-0.4, -0.2) is 21.4 Å². The first-order valence-corrected chi connectivity index (χ1v) is 8.13. The first-order valence-electron chi connectivity index (χ1n) is 7.72. The number of aromatic amines is 1. The van der Waals surface area contributed by atoms with E-state index in [2.05, 4.69) is 15.3 Å². The van der Waals surface area contributed by atoms with Crippen molar-refractivity contribution < 1.29 is 5.11 Å². The minimum Gasteiger partial charge on any atom is -0.506 e. The van der Waals surface area contributed by atoms with Gasteiger partial charge in [-0.3, -0.25) is 4.79 Å². The Morgan fingerprint density at radius 2 is 1.84 bits per heavy atom. The first-order chi connectivity index (χ1) is 12.0. The molecule has 25 heavy (non-hydrogen) atoms. The molecule has 0 amide bonds. The summed E-state index contributed by atoms with van der Waals surface area (Å²) < 4.78 is 0. The first kappa shape index (κ1) is 16.9. The second-order valence-corrected chi connectivity index (χ2v) is 6.10. The summed E-state index contributed by atoms with van der Waals surface area (Å²) in [5.74, 6) is -0.113. The van der Waals surface area contributed by atoms with E-state index in [1.807, 2.05) is 32.0 Å². The number of aryl methyl sites for hydroxylation is 2. The van der Waals surface area contributed by atoms with E-state index in [9.17, 15) is 9.90 Å². The third kappa shape index (κ3) is 3.44. The zero-order valence-electron chi connectivity index (χ0n) is 13.8. The number of nitrogens with one attached hydrogen (secondary N) is 2. The number of nitrogens with zero attached hydrogens (tertiary/aromatic N) is 1. The fourth-order valence-corrected chi connectivity index (χ4v) is 2.79. The van der Waals surface area contributed by atoms with Crippen LogP contribution in [0.15, 0.2) is 52.3 Å². The molecule has 3 N–H and O–H groups in total. The molecule has 0 bridgehead atoms. The highest BCUT2D eigenvalue weighted by atomic mass is 32.1. The number of thiocarbonyl (C=S) groups is 1. The second kappa shape index (κ2) is 6.86. The van der Waals surface area contributed by atoms with Crippen molar-refractivity contribution in [2.75, 3.05) is 5.32 Å². The Labute approximate surface area is 150 Å². The second-order valence-electron chi connectivity index (χ2n) is 5.72. The number of H-pyrrole nitrogens is 1. The molecule has 0 saturated heterocycles. The molecule has 0 saturated carbocycles. The van der Waals surface area contributed by atoms with Gasteiger partial charge >= 0.3 is 0 Å². The molecule has 0 atom stereocenters. The molecule has 0 unspecified atom stereocenters. The van der Waals surface area contributed by atoms with Gasteiger partial charge in [0, 0.05) is 17.3 Å². The average Bonchev–Trinajstić information content (AvgIpc) is 2.58. The Morgan fingerprint density at radius 3 is 2.56 bits per heavy atom. The number of fused-ring (bicyclic) bond motifs is 1. The molecule has 0 aliphatic carbocycles. The number of rotatable bonds is 2. The van der Waals surface area contributed by atoms with Gasteiger partial charge in [-0.1, -0.05) is 30.3 Å². The summed E-state index contributed by atoms with van der Waals surface area (Å²) in [6.45, 7) is 3.95. The largest absolute Gasteiger partial charge is 0.506 e. The van der Waals surface area contributed by atoms with Gasteiger partial charge in [0.05, 0.1) is 5.52 Å². The van der Waals surface area contributed by atoms with Crippen molar-refractivity contribution in [2.24, 2.45) is 4.99 Å². The highest BCUT2D eigenvalue weighted by Gasteiger charge is 2.10. The standard InChI is InChI=1S/C19H17N3O2S/c1-11-6-5-7-12(2)16(11)22-19(25)20-10-14-17(23)13-8-3-4-9-15(13)21-18(14)24/h3-10H,1-2H3,(H,22,25)(H2,21,23,24)/b20-10+. The summed E-state index contributed by atoms with van der Waals surface area (Å²) in [6.07, 6.45) is 1.28. The van der Waals surface area contributed by atoms with Crippen LogP contribution in [0, 0.1) is 13.8 Å². The number of hydrogen-bond acceptors (Lipinski definition) is 3.